The number of nitrogen functional groups attached to an aromatic ring is 1. The van der Waals surface area contributed by atoms with E-state index in [9.17, 15) is 4.79 Å². The number of halogens is 1. The van der Waals surface area contributed by atoms with Crippen LogP contribution in [0.25, 0.3) is 0 Å². The largest absolute Gasteiger partial charge is 0.397 e. The summed E-state index contributed by atoms with van der Waals surface area (Å²) in [5.41, 5.74) is 6.83. The van der Waals surface area contributed by atoms with Crippen LogP contribution >= 0.6 is 15.9 Å². The maximum Gasteiger partial charge on any atom is 0.164 e. The summed E-state index contributed by atoms with van der Waals surface area (Å²) in [5.74, 6) is 0.0776. The molecule has 0 heterocycles. The minimum Gasteiger partial charge on any atom is -0.397 e. The number of nitrogens with two attached hydrogens (primary N) is 1. The molecule has 0 spiro atoms. The highest BCUT2D eigenvalue weighted by Crippen LogP contribution is 2.23. The van der Waals surface area contributed by atoms with Gasteiger partial charge in [0.1, 0.15) is 0 Å². The Balaban J connectivity index is 3.16. The van der Waals surface area contributed by atoms with Gasteiger partial charge in [-0.15, -0.1) is 0 Å². The summed E-state index contributed by atoms with van der Waals surface area (Å²) in [5, 5.41) is 0. The third kappa shape index (κ3) is 1.67. The Labute approximate surface area is 79.9 Å². The average molecular weight is 228 g/mol. The number of anilines is 1. The first kappa shape index (κ1) is 9.26. The highest BCUT2D eigenvalue weighted by atomic mass is 79.9. The van der Waals surface area contributed by atoms with E-state index < -0.39 is 0 Å². The molecule has 0 bridgehead atoms. The molecule has 1 aromatic rings. The fourth-order valence-corrected chi connectivity index (χ4v) is 1.34. The molecule has 0 unspecified atom stereocenters. The van der Waals surface area contributed by atoms with Crippen LogP contribution in [0, 0.1) is 0 Å². The van der Waals surface area contributed by atoms with Crippen LogP contribution in [0.1, 0.15) is 23.7 Å². The summed E-state index contributed by atoms with van der Waals surface area (Å²) in [7, 11) is 0. The van der Waals surface area contributed by atoms with E-state index in [1.54, 1.807) is 6.07 Å². The second-order valence-electron chi connectivity index (χ2n) is 2.48. The van der Waals surface area contributed by atoms with Crippen LogP contribution in [0.15, 0.2) is 22.7 Å². The molecule has 0 saturated carbocycles. The summed E-state index contributed by atoms with van der Waals surface area (Å²) >= 11 is 3.27. The first-order valence-electron chi connectivity index (χ1n) is 3.74. The van der Waals surface area contributed by atoms with Crippen LogP contribution in [-0.2, 0) is 0 Å². The lowest BCUT2D eigenvalue weighted by Crippen LogP contribution is -2.02. The molecular formula is C9H10BrNO. The lowest BCUT2D eigenvalue weighted by atomic mass is 10.1. The van der Waals surface area contributed by atoms with Gasteiger partial charge in [-0.3, -0.25) is 4.79 Å². The number of benzene rings is 1. The number of ketones is 1. The Morgan fingerprint density at radius 1 is 1.58 bits per heavy atom. The second kappa shape index (κ2) is 3.72. The van der Waals surface area contributed by atoms with E-state index in [-0.39, 0.29) is 5.78 Å². The number of rotatable bonds is 2. The molecule has 0 aliphatic carbocycles. The molecule has 0 radical (unpaired) electrons. The Hall–Kier alpha value is -0.830. The van der Waals surface area contributed by atoms with Gasteiger partial charge in [-0.1, -0.05) is 13.0 Å². The minimum atomic E-state index is 0.0776. The van der Waals surface area contributed by atoms with Crippen LogP contribution < -0.4 is 5.73 Å². The molecule has 0 fully saturated rings. The Kier molecular flexibility index (Phi) is 2.87. The normalized spacial score (nSPS) is 9.83. The molecule has 2 nitrogen and oxygen atoms in total. The van der Waals surface area contributed by atoms with Gasteiger partial charge in [-0.25, -0.2) is 0 Å². The Morgan fingerprint density at radius 2 is 2.25 bits per heavy atom. The maximum absolute atomic E-state index is 11.3. The molecule has 0 saturated heterocycles. The van der Waals surface area contributed by atoms with E-state index in [0.717, 1.165) is 4.47 Å². The topological polar surface area (TPSA) is 43.1 Å². The van der Waals surface area contributed by atoms with E-state index in [2.05, 4.69) is 15.9 Å². The SMILES string of the molecule is CCC(=O)c1cccc(Br)c1N. The average Bonchev–Trinajstić information content (AvgIpc) is 2.08. The summed E-state index contributed by atoms with van der Waals surface area (Å²) in [6, 6.07) is 5.37. The highest BCUT2D eigenvalue weighted by Gasteiger charge is 2.08. The smallest absolute Gasteiger partial charge is 0.164 e. The van der Waals surface area contributed by atoms with Crippen molar-refractivity contribution in [2.24, 2.45) is 0 Å². The fourth-order valence-electron chi connectivity index (χ4n) is 0.971. The van der Waals surface area contributed by atoms with Crippen LogP contribution in [-0.4, -0.2) is 5.78 Å². The van der Waals surface area contributed by atoms with Crippen LogP contribution in [0.4, 0.5) is 5.69 Å². The van der Waals surface area contributed by atoms with Gasteiger partial charge in [-0.05, 0) is 28.1 Å². The number of hydrogen-bond donors (Lipinski definition) is 1. The van der Waals surface area contributed by atoms with Crippen molar-refractivity contribution in [2.45, 2.75) is 13.3 Å². The van der Waals surface area contributed by atoms with Crippen molar-refractivity contribution in [3.05, 3.63) is 28.2 Å². The first-order valence-corrected chi connectivity index (χ1v) is 4.53. The van der Waals surface area contributed by atoms with Gasteiger partial charge in [0, 0.05) is 16.5 Å². The van der Waals surface area contributed by atoms with Crippen LogP contribution in [0.3, 0.4) is 0 Å². The minimum absolute atomic E-state index is 0.0776. The van der Waals surface area contributed by atoms with Crippen molar-refractivity contribution < 1.29 is 4.79 Å². The molecule has 64 valence electrons. The van der Waals surface area contributed by atoms with E-state index in [1.165, 1.54) is 0 Å². The summed E-state index contributed by atoms with van der Waals surface area (Å²) in [6.07, 6.45) is 0.487. The van der Waals surface area contributed by atoms with E-state index in [1.807, 2.05) is 19.1 Å². The number of carbonyl (C=O) groups excluding carboxylic acids is 1. The number of carbonyl (C=O) groups is 1. The Bertz CT molecular complexity index is 309. The number of hydrogen-bond acceptors (Lipinski definition) is 2. The zero-order valence-corrected chi connectivity index (χ0v) is 8.39. The van der Waals surface area contributed by atoms with Crippen molar-refractivity contribution in [3.63, 3.8) is 0 Å². The van der Waals surface area contributed by atoms with Gasteiger partial charge in [0.25, 0.3) is 0 Å². The van der Waals surface area contributed by atoms with Crippen molar-refractivity contribution in [1.82, 2.24) is 0 Å². The summed E-state index contributed by atoms with van der Waals surface area (Å²) in [4.78, 5) is 11.3. The van der Waals surface area contributed by atoms with Crippen molar-refractivity contribution in [3.8, 4) is 0 Å². The zero-order valence-electron chi connectivity index (χ0n) is 6.80. The van der Waals surface area contributed by atoms with Gasteiger partial charge in [0.05, 0.1) is 5.69 Å². The third-order valence-electron chi connectivity index (χ3n) is 1.67. The van der Waals surface area contributed by atoms with Gasteiger partial charge >= 0.3 is 0 Å². The number of para-hydroxylation sites is 1. The van der Waals surface area contributed by atoms with E-state index in [0.29, 0.717) is 17.7 Å². The molecule has 3 heteroatoms. The molecule has 0 aromatic heterocycles. The monoisotopic (exact) mass is 227 g/mol. The van der Waals surface area contributed by atoms with Crippen LogP contribution in [0.5, 0.6) is 0 Å². The maximum atomic E-state index is 11.3. The number of Topliss-reactive ketones (excluding diaryl/α,β-unsaturated/α-hetero) is 1. The second-order valence-corrected chi connectivity index (χ2v) is 3.33. The van der Waals surface area contributed by atoms with Gasteiger partial charge < -0.3 is 5.73 Å². The standard InChI is InChI=1S/C9H10BrNO/c1-2-8(12)6-4-3-5-7(10)9(6)11/h3-5H,2,11H2,1H3. The van der Waals surface area contributed by atoms with Crippen molar-refractivity contribution >= 4 is 27.4 Å². The third-order valence-corrected chi connectivity index (χ3v) is 2.37. The van der Waals surface area contributed by atoms with Crippen molar-refractivity contribution in [2.75, 3.05) is 5.73 Å². The quantitative estimate of drug-likeness (QED) is 0.624. The summed E-state index contributed by atoms with van der Waals surface area (Å²) < 4.78 is 0.779. The van der Waals surface area contributed by atoms with Gasteiger partial charge in [0.15, 0.2) is 5.78 Å². The zero-order chi connectivity index (χ0) is 9.14. The lowest BCUT2D eigenvalue weighted by Gasteiger charge is -2.03. The molecular weight excluding hydrogens is 218 g/mol. The molecule has 0 amide bonds. The van der Waals surface area contributed by atoms with Gasteiger partial charge in [-0.2, -0.15) is 0 Å². The highest BCUT2D eigenvalue weighted by molar-refractivity contribution is 9.10. The summed E-state index contributed by atoms with van der Waals surface area (Å²) in [6.45, 7) is 1.82. The van der Waals surface area contributed by atoms with E-state index >= 15 is 0 Å². The molecule has 1 aromatic carbocycles. The molecule has 0 aliphatic heterocycles. The molecule has 12 heavy (non-hydrogen) atoms. The molecule has 0 aliphatic rings. The van der Waals surface area contributed by atoms with E-state index in [4.69, 9.17) is 5.73 Å². The van der Waals surface area contributed by atoms with Crippen LogP contribution in [0.2, 0.25) is 0 Å². The predicted octanol–water partition coefficient (Wildman–Crippen LogP) is 2.62. The molecule has 2 N–H and O–H groups in total. The van der Waals surface area contributed by atoms with Crippen molar-refractivity contribution in [1.29, 1.82) is 0 Å². The molecule has 0 atom stereocenters. The lowest BCUT2D eigenvalue weighted by molar-refractivity contribution is 0.0989. The first-order chi connectivity index (χ1) is 5.66. The Morgan fingerprint density at radius 3 is 2.83 bits per heavy atom. The fraction of sp³-hybridized carbons (Fsp3) is 0.222. The molecule has 1 rings (SSSR count). The van der Waals surface area contributed by atoms with Gasteiger partial charge in [0.2, 0.25) is 0 Å². The predicted molar refractivity (Wildman–Crippen MR) is 53.2 cm³/mol.